The van der Waals surface area contributed by atoms with Crippen molar-refractivity contribution in [1.29, 1.82) is 0 Å². The van der Waals surface area contributed by atoms with Crippen molar-refractivity contribution in [3.8, 4) is 0 Å². The van der Waals surface area contributed by atoms with Gasteiger partial charge in [-0.2, -0.15) is 8.78 Å². The number of benzene rings is 1. The molecule has 0 spiro atoms. The van der Waals surface area contributed by atoms with E-state index in [4.69, 9.17) is 12.2 Å². The number of piperazine rings is 1. The molecule has 2 aromatic heterocycles. The lowest BCUT2D eigenvalue weighted by molar-refractivity contribution is 0.0715. The number of imidazole rings is 1. The number of nitrogens with zero attached hydrogens (tertiary/aromatic N) is 6. The summed E-state index contributed by atoms with van der Waals surface area (Å²) in [5.74, 6) is 0.859. The van der Waals surface area contributed by atoms with Crippen LogP contribution in [0.4, 0.5) is 14.6 Å². The number of hydrogen-bond donors (Lipinski definition) is 0. The van der Waals surface area contributed by atoms with Crippen molar-refractivity contribution in [2.24, 2.45) is 0 Å². The fourth-order valence-corrected chi connectivity index (χ4v) is 3.66. The van der Waals surface area contributed by atoms with E-state index in [0.717, 1.165) is 42.1 Å². The third kappa shape index (κ3) is 3.08. The number of fused-ring (bicyclic) bond motifs is 1. The maximum atomic E-state index is 13.4. The molecule has 136 valence electrons. The second-order valence-corrected chi connectivity index (χ2v) is 6.52. The van der Waals surface area contributed by atoms with Crippen molar-refractivity contribution in [2.75, 3.05) is 31.1 Å². The van der Waals surface area contributed by atoms with Crippen LogP contribution in [0.15, 0.2) is 42.9 Å². The Morgan fingerprint density at radius 1 is 1.04 bits per heavy atom. The van der Waals surface area contributed by atoms with Gasteiger partial charge in [0.15, 0.2) is 4.77 Å². The van der Waals surface area contributed by atoms with Crippen LogP contribution in [0, 0.1) is 4.77 Å². The second kappa shape index (κ2) is 7.08. The van der Waals surface area contributed by atoms with Crippen LogP contribution >= 0.6 is 12.2 Å². The number of para-hydroxylation sites is 2. The first-order valence-corrected chi connectivity index (χ1v) is 8.77. The number of anilines is 1. The van der Waals surface area contributed by atoms with E-state index < -0.39 is 6.55 Å². The molecule has 26 heavy (non-hydrogen) atoms. The van der Waals surface area contributed by atoms with Gasteiger partial charge >= 0.3 is 6.55 Å². The number of halogens is 2. The quantitative estimate of drug-likeness (QED) is 0.655. The molecule has 3 aromatic rings. The summed E-state index contributed by atoms with van der Waals surface area (Å²) in [6.07, 6.45) is 5.09. The fourth-order valence-electron chi connectivity index (χ4n) is 3.33. The average molecular weight is 376 g/mol. The lowest BCUT2D eigenvalue weighted by Crippen LogP contribution is -2.47. The third-order valence-electron chi connectivity index (χ3n) is 4.65. The maximum absolute atomic E-state index is 13.4. The van der Waals surface area contributed by atoms with Crippen LogP contribution in [0.25, 0.3) is 11.0 Å². The van der Waals surface area contributed by atoms with Crippen LogP contribution in [0.2, 0.25) is 0 Å². The van der Waals surface area contributed by atoms with Gasteiger partial charge in [-0.1, -0.05) is 12.1 Å². The molecule has 0 radical (unpaired) electrons. The van der Waals surface area contributed by atoms with E-state index in [2.05, 4.69) is 19.8 Å². The summed E-state index contributed by atoms with van der Waals surface area (Å²) < 4.78 is 29.7. The molecule has 0 saturated carbocycles. The van der Waals surface area contributed by atoms with Crippen LogP contribution in [-0.4, -0.2) is 50.2 Å². The molecule has 0 N–H and O–H groups in total. The average Bonchev–Trinajstić information content (AvgIpc) is 2.95. The van der Waals surface area contributed by atoms with Gasteiger partial charge in [0.2, 0.25) is 0 Å². The number of alkyl halides is 2. The lowest BCUT2D eigenvalue weighted by Gasteiger charge is -2.35. The molecule has 3 heterocycles. The van der Waals surface area contributed by atoms with E-state index >= 15 is 0 Å². The normalized spacial score (nSPS) is 15.9. The molecule has 0 amide bonds. The van der Waals surface area contributed by atoms with Crippen molar-refractivity contribution in [2.45, 2.75) is 13.2 Å². The highest BCUT2D eigenvalue weighted by atomic mass is 32.1. The second-order valence-electron chi connectivity index (χ2n) is 6.16. The van der Waals surface area contributed by atoms with Gasteiger partial charge in [-0.15, -0.1) is 0 Å². The van der Waals surface area contributed by atoms with E-state index in [9.17, 15) is 8.78 Å². The molecule has 0 aliphatic carbocycles. The third-order valence-corrected chi connectivity index (χ3v) is 5.07. The number of hydrogen-bond acceptors (Lipinski definition) is 5. The Bertz CT molecular complexity index is 947. The monoisotopic (exact) mass is 376 g/mol. The SMILES string of the molecule is FC(F)n1c(=S)n(CN2CCN(c3cnccn3)CC2)c2ccccc21. The molecule has 1 aliphatic rings. The highest BCUT2D eigenvalue weighted by molar-refractivity contribution is 7.71. The van der Waals surface area contributed by atoms with E-state index in [0.29, 0.717) is 12.2 Å². The number of rotatable bonds is 4. The zero-order valence-corrected chi connectivity index (χ0v) is 14.8. The minimum Gasteiger partial charge on any atom is -0.353 e. The molecule has 4 rings (SSSR count). The van der Waals surface area contributed by atoms with Crippen LogP contribution in [0.5, 0.6) is 0 Å². The molecular weight excluding hydrogens is 358 g/mol. The van der Waals surface area contributed by atoms with Crippen LogP contribution < -0.4 is 4.90 Å². The van der Waals surface area contributed by atoms with Gasteiger partial charge in [0.1, 0.15) is 5.82 Å². The molecule has 1 fully saturated rings. The predicted molar refractivity (Wildman–Crippen MR) is 97.8 cm³/mol. The Morgan fingerprint density at radius 2 is 1.77 bits per heavy atom. The van der Waals surface area contributed by atoms with Gasteiger partial charge < -0.3 is 9.47 Å². The fraction of sp³-hybridized carbons (Fsp3) is 0.353. The molecule has 1 aliphatic heterocycles. The molecule has 0 atom stereocenters. The van der Waals surface area contributed by atoms with Crippen molar-refractivity contribution in [3.63, 3.8) is 0 Å². The maximum Gasteiger partial charge on any atom is 0.321 e. The summed E-state index contributed by atoms with van der Waals surface area (Å²) in [6, 6.07) is 7.11. The van der Waals surface area contributed by atoms with Gasteiger partial charge in [-0.25, -0.2) is 4.98 Å². The predicted octanol–water partition coefficient (Wildman–Crippen LogP) is 3.14. The molecular formula is C17H18F2N6S. The van der Waals surface area contributed by atoms with Crippen LogP contribution in [0.1, 0.15) is 6.55 Å². The van der Waals surface area contributed by atoms with Gasteiger partial charge in [-0.05, 0) is 24.4 Å². The summed E-state index contributed by atoms with van der Waals surface area (Å²) in [5.41, 5.74) is 1.19. The van der Waals surface area contributed by atoms with E-state index in [-0.39, 0.29) is 4.77 Å². The number of aromatic nitrogens is 4. The first-order chi connectivity index (χ1) is 12.6. The van der Waals surface area contributed by atoms with Crippen molar-refractivity contribution in [1.82, 2.24) is 24.0 Å². The van der Waals surface area contributed by atoms with Crippen molar-refractivity contribution >= 4 is 29.1 Å². The van der Waals surface area contributed by atoms with Gasteiger partial charge in [0, 0.05) is 38.6 Å². The largest absolute Gasteiger partial charge is 0.353 e. The first-order valence-electron chi connectivity index (χ1n) is 8.36. The van der Waals surface area contributed by atoms with Gasteiger partial charge in [0.25, 0.3) is 0 Å². The zero-order chi connectivity index (χ0) is 18.1. The minimum atomic E-state index is -2.65. The summed E-state index contributed by atoms with van der Waals surface area (Å²) in [4.78, 5) is 12.8. The van der Waals surface area contributed by atoms with Crippen molar-refractivity contribution in [3.05, 3.63) is 47.6 Å². The highest BCUT2D eigenvalue weighted by Gasteiger charge is 2.21. The van der Waals surface area contributed by atoms with E-state index in [1.54, 1.807) is 35.3 Å². The first kappa shape index (κ1) is 17.0. The Hall–Kier alpha value is -2.39. The molecule has 0 bridgehead atoms. The Kier molecular flexibility index (Phi) is 4.64. The highest BCUT2D eigenvalue weighted by Crippen LogP contribution is 2.24. The summed E-state index contributed by atoms with van der Waals surface area (Å²) in [5, 5.41) is 0. The molecule has 0 unspecified atom stereocenters. The Balaban J connectivity index is 1.54. The van der Waals surface area contributed by atoms with E-state index in [1.165, 1.54) is 0 Å². The zero-order valence-electron chi connectivity index (χ0n) is 14.0. The van der Waals surface area contributed by atoms with Crippen LogP contribution in [0.3, 0.4) is 0 Å². The van der Waals surface area contributed by atoms with Crippen molar-refractivity contribution < 1.29 is 8.78 Å². The van der Waals surface area contributed by atoms with Crippen LogP contribution in [-0.2, 0) is 6.67 Å². The Labute approximate surface area is 154 Å². The topological polar surface area (TPSA) is 42.1 Å². The standard InChI is InChI=1S/C17H18F2N6S/c18-16(19)25-14-4-2-1-3-13(14)24(17(25)26)12-22-7-9-23(10-8-22)15-11-20-5-6-21-15/h1-6,11,16H,7-10,12H2. The Morgan fingerprint density at radius 3 is 2.42 bits per heavy atom. The summed E-state index contributed by atoms with van der Waals surface area (Å²) in [6.45, 7) is 1.05. The summed E-state index contributed by atoms with van der Waals surface area (Å²) >= 11 is 5.33. The molecule has 1 saturated heterocycles. The van der Waals surface area contributed by atoms with E-state index in [1.807, 2.05) is 12.1 Å². The van der Waals surface area contributed by atoms with Gasteiger partial charge in [0.05, 0.1) is 23.9 Å². The van der Waals surface area contributed by atoms with Gasteiger partial charge in [-0.3, -0.25) is 14.5 Å². The minimum absolute atomic E-state index is 0.151. The molecule has 1 aromatic carbocycles. The lowest BCUT2D eigenvalue weighted by atomic mass is 10.3. The smallest absolute Gasteiger partial charge is 0.321 e. The summed E-state index contributed by atoms with van der Waals surface area (Å²) in [7, 11) is 0. The molecule has 6 nitrogen and oxygen atoms in total. The molecule has 9 heteroatoms.